The molecule has 0 saturated carbocycles. The number of amides is 1. The Kier molecular flexibility index (Phi) is 8.80. The maximum atomic E-state index is 12.9. The summed E-state index contributed by atoms with van der Waals surface area (Å²) in [7, 11) is 5.58. The van der Waals surface area contributed by atoms with Gasteiger partial charge in [0.25, 0.3) is 5.91 Å². The van der Waals surface area contributed by atoms with Crippen molar-refractivity contribution in [3.8, 4) is 11.5 Å². The highest BCUT2D eigenvalue weighted by Crippen LogP contribution is 2.41. The molecule has 2 aromatic rings. The minimum Gasteiger partial charge on any atom is -0.493 e. The summed E-state index contributed by atoms with van der Waals surface area (Å²) in [6.07, 6.45) is 6.91. The van der Waals surface area contributed by atoms with Crippen molar-refractivity contribution in [2.75, 3.05) is 47.4 Å². The molecule has 2 aliphatic rings. The van der Waals surface area contributed by atoms with Crippen LogP contribution >= 0.6 is 0 Å². The molecule has 2 aromatic carbocycles. The van der Waals surface area contributed by atoms with Gasteiger partial charge in [0.05, 0.1) is 20.3 Å². The number of ether oxygens (including phenoxy) is 2. The number of hydrogen-bond donors (Lipinski definition) is 0. The van der Waals surface area contributed by atoms with Crippen molar-refractivity contribution in [2.45, 2.75) is 58.5 Å². The van der Waals surface area contributed by atoms with Crippen LogP contribution in [0.1, 0.15) is 73.1 Å². The van der Waals surface area contributed by atoms with E-state index in [0.29, 0.717) is 19.1 Å². The largest absolute Gasteiger partial charge is 0.493 e. The van der Waals surface area contributed by atoms with Gasteiger partial charge in [-0.2, -0.15) is 0 Å². The number of rotatable bonds is 8. The smallest absolute Gasteiger partial charge is 0.253 e. The first kappa shape index (κ1) is 27.1. The Labute approximate surface area is 222 Å². The summed E-state index contributed by atoms with van der Waals surface area (Å²) in [5.41, 5.74) is 5.96. The van der Waals surface area contributed by atoms with Crippen molar-refractivity contribution in [3.05, 3.63) is 70.4 Å². The predicted molar refractivity (Wildman–Crippen MR) is 150 cm³/mol. The standard InChI is InChI=1S/C31H43N3O3/c1-7-33(8-2)31(35)25-14-12-24(13-15-25)30-27-19-29(37-6)28(36-5)18-26(27)16-17-34(30)21-23-11-9-10-22(3)32(4)20-23/h12-15,18-20,22,30H,7-11,16-17,21H2,1-6H3. The zero-order valence-corrected chi connectivity index (χ0v) is 23.4. The normalized spacial score (nSPS) is 20.1. The van der Waals surface area contributed by atoms with Gasteiger partial charge in [-0.25, -0.2) is 0 Å². The number of methoxy groups -OCH3 is 2. The monoisotopic (exact) mass is 505 g/mol. The predicted octanol–water partition coefficient (Wildman–Crippen LogP) is 5.52. The highest BCUT2D eigenvalue weighted by molar-refractivity contribution is 5.94. The van der Waals surface area contributed by atoms with E-state index in [2.05, 4.69) is 54.2 Å². The van der Waals surface area contributed by atoms with E-state index in [9.17, 15) is 4.79 Å². The number of nitrogens with zero attached hydrogens (tertiary/aromatic N) is 3. The van der Waals surface area contributed by atoms with E-state index in [1.165, 1.54) is 35.1 Å². The summed E-state index contributed by atoms with van der Waals surface area (Å²) in [5, 5.41) is 0. The average Bonchev–Trinajstić information content (AvgIpc) is 3.08. The molecule has 0 saturated heterocycles. The Hall–Kier alpha value is -2.99. The van der Waals surface area contributed by atoms with E-state index >= 15 is 0 Å². The lowest BCUT2D eigenvalue weighted by Gasteiger charge is -2.39. The average molecular weight is 506 g/mol. The third-order valence-electron chi connectivity index (χ3n) is 8.10. The number of carbonyl (C=O) groups is 1. The van der Waals surface area contributed by atoms with Crippen molar-refractivity contribution in [3.63, 3.8) is 0 Å². The quantitative estimate of drug-likeness (QED) is 0.473. The molecule has 0 aliphatic carbocycles. The second kappa shape index (κ2) is 12.0. The molecular formula is C31H43N3O3. The van der Waals surface area contributed by atoms with Crippen LogP contribution < -0.4 is 9.47 Å². The molecule has 200 valence electrons. The van der Waals surface area contributed by atoms with Gasteiger partial charge in [-0.1, -0.05) is 12.1 Å². The first-order valence-corrected chi connectivity index (χ1v) is 13.7. The summed E-state index contributed by atoms with van der Waals surface area (Å²) in [6.45, 7) is 9.66. The van der Waals surface area contributed by atoms with Gasteiger partial charge in [0.1, 0.15) is 0 Å². The molecule has 6 heteroatoms. The van der Waals surface area contributed by atoms with Gasteiger partial charge in [-0.05, 0) is 99.2 Å². The van der Waals surface area contributed by atoms with Crippen LogP contribution in [-0.2, 0) is 6.42 Å². The second-order valence-electron chi connectivity index (χ2n) is 10.3. The van der Waals surface area contributed by atoms with Gasteiger partial charge in [0.15, 0.2) is 11.5 Å². The number of carbonyl (C=O) groups excluding carboxylic acids is 1. The molecule has 2 atom stereocenters. The molecule has 6 nitrogen and oxygen atoms in total. The lowest BCUT2D eigenvalue weighted by Crippen LogP contribution is -2.38. The maximum Gasteiger partial charge on any atom is 0.253 e. The van der Waals surface area contributed by atoms with Gasteiger partial charge in [0.2, 0.25) is 0 Å². The molecule has 2 unspecified atom stereocenters. The van der Waals surface area contributed by atoms with Crippen LogP contribution in [0, 0.1) is 0 Å². The Morgan fingerprint density at radius 1 is 1.03 bits per heavy atom. The third-order valence-corrected chi connectivity index (χ3v) is 8.10. The zero-order valence-electron chi connectivity index (χ0n) is 23.4. The van der Waals surface area contributed by atoms with E-state index in [-0.39, 0.29) is 11.9 Å². The van der Waals surface area contributed by atoms with Crippen LogP contribution in [0.4, 0.5) is 0 Å². The third kappa shape index (κ3) is 5.80. The molecule has 1 amide bonds. The van der Waals surface area contributed by atoms with E-state index < -0.39 is 0 Å². The maximum absolute atomic E-state index is 12.9. The summed E-state index contributed by atoms with van der Waals surface area (Å²) < 4.78 is 11.3. The molecular weight excluding hydrogens is 462 g/mol. The number of fused-ring (bicyclic) bond motifs is 1. The number of hydrogen-bond acceptors (Lipinski definition) is 5. The van der Waals surface area contributed by atoms with Gasteiger partial charge >= 0.3 is 0 Å². The highest BCUT2D eigenvalue weighted by atomic mass is 16.5. The summed E-state index contributed by atoms with van der Waals surface area (Å²) in [4.78, 5) is 19.8. The summed E-state index contributed by atoms with van der Waals surface area (Å²) in [5.74, 6) is 1.61. The van der Waals surface area contributed by atoms with Crippen LogP contribution in [0.5, 0.6) is 11.5 Å². The van der Waals surface area contributed by atoms with Gasteiger partial charge < -0.3 is 19.3 Å². The van der Waals surface area contributed by atoms with Crippen molar-refractivity contribution in [2.24, 2.45) is 0 Å². The molecule has 2 heterocycles. The van der Waals surface area contributed by atoms with E-state index in [1.807, 2.05) is 30.9 Å². The van der Waals surface area contributed by atoms with Gasteiger partial charge in [0, 0.05) is 44.8 Å². The Morgan fingerprint density at radius 3 is 2.35 bits per heavy atom. The van der Waals surface area contributed by atoms with Crippen molar-refractivity contribution in [1.82, 2.24) is 14.7 Å². The van der Waals surface area contributed by atoms with Crippen molar-refractivity contribution in [1.29, 1.82) is 0 Å². The summed E-state index contributed by atoms with van der Waals surface area (Å²) in [6, 6.07) is 13.2. The van der Waals surface area contributed by atoms with E-state index in [0.717, 1.165) is 43.0 Å². The fourth-order valence-electron chi connectivity index (χ4n) is 5.75. The summed E-state index contributed by atoms with van der Waals surface area (Å²) >= 11 is 0. The van der Waals surface area contributed by atoms with E-state index in [4.69, 9.17) is 9.47 Å². The molecule has 0 N–H and O–H groups in total. The zero-order chi connectivity index (χ0) is 26.5. The molecule has 0 aromatic heterocycles. The fraction of sp³-hybridized carbons (Fsp3) is 0.516. The second-order valence-corrected chi connectivity index (χ2v) is 10.3. The topological polar surface area (TPSA) is 45.3 Å². The molecule has 0 radical (unpaired) electrons. The molecule has 2 aliphatic heterocycles. The Morgan fingerprint density at radius 2 is 1.70 bits per heavy atom. The van der Waals surface area contributed by atoms with Crippen LogP contribution in [0.2, 0.25) is 0 Å². The van der Waals surface area contributed by atoms with Crippen LogP contribution in [0.15, 0.2) is 48.2 Å². The SMILES string of the molecule is CCN(CC)C(=O)c1ccc(C2c3cc(OC)c(OC)cc3CCN2CC2=CN(C)C(C)CCC2)cc1. The number of benzene rings is 2. The molecule has 37 heavy (non-hydrogen) atoms. The molecule has 0 fully saturated rings. The van der Waals surface area contributed by atoms with E-state index in [1.54, 1.807) is 14.2 Å². The lowest BCUT2D eigenvalue weighted by molar-refractivity contribution is 0.0773. The molecule has 0 spiro atoms. The van der Waals surface area contributed by atoms with Crippen LogP contribution in [0.25, 0.3) is 0 Å². The first-order chi connectivity index (χ1) is 17.9. The Balaban J connectivity index is 1.72. The van der Waals surface area contributed by atoms with Crippen LogP contribution in [-0.4, -0.2) is 74.1 Å². The highest BCUT2D eigenvalue weighted by Gasteiger charge is 2.31. The first-order valence-electron chi connectivity index (χ1n) is 13.7. The fourth-order valence-corrected chi connectivity index (χ4v) is 5.75. The minimum atomic E-state index is 0.0769. The minimum absolute atomic E-state index is 0.0769. The molecule has 0 bridgehead atoms. The van der Waals surface area contributed by atoms with Crippen LogP contribution in [0.3, 0.4) is 0 Å². The molecule has 4 rings (SSSR count). The lowest BCUT2D eigenvalue weighted by atomic mass is 9.86. The Bertz CT molecular complexity index is 1110. The van der Waals surface area contributed by atoms with Gasteiger partial charge in [-0.15, -0.1) is 0 Å². The van der Waals surface area contributed by atoms with Crippen molar-refractivity contribution < 1.29 is 14.3 Å². The van der Waals surface area contributed by atoms with Gasteiger partial charge in [-0.3, -0.25) is 9.69 Å². The van der Waals surface area contributed by atoms with Crippen molar-refractivity contribution >= 4 is 5.91 Å².